The Labute approximate surface area is 202 Å². The van der Waals surface area contributed by atoms with E-state index in [1.54, 1.807) is 20.9 Å². The molecule has 0 spiro atoms. The monoisotopic (exact) mass is 474 g/mol. The molecule has 180 valence electrons. The Morgan fingerprint density at radius 1 is 1.09 bits per heavy atom. The molecule has 1 unspecified atom stereocenters. The molecule has 3 aromatic rings. The van der Waals surface area contributed by atoms with Crippen molar-refractivity contribution in [2.75, 3.05) is 18.5 Å². The summed E-state index contributed by atoms with van der Waals surface area (Å²) in [6, 6.07) is 15.1. The highest BCUT2D eigenvalue weighted by Crippen LogP contribution is 2.44. The minimum absolute atomic E-state index is 0.0311. The maximum atomic E-state index is 13.1. The van der Waals surface area contributed by atoms with Crippen molar-refractivity contribution >= 4 is 23.8 Å². The van der Waals surface area contributed by atoms with Gasteiger partial charge in [-0.05, 0) is 22.3 Å². The third-order valence-electron chi connectivity index (χ3n) is 6.75. The fourth-order valence-electron chi connectivity index (χ4n) is 5.21. The molecule has 2 N–H and O–H groups in total. The van der Waals surface area contributed by atoms with Gasteiger partial charge in [0.15, 0.2) is 5.82 Å². The molecule has 1 atom stereocenters. The lowest BCUT2D eigenvalue weighted by Crippen LogP contribution is -2.67. The van der Waals surface area contributed by atoms with Crippen LogP contribution in [-0.2, 0) is 16.6 Å². The van der Waals surface area contributed by atoms with Crippen molar-refractivity contribution < 1.29 is 24.2 Å². The van der Waals surface area contributed by atoms with Gasteiger partial charge in [0, 0.05) is 31.1 Å². The predicted octanol–water partition coefficient (Wildman–Crippen LogP) is 3.72. The fraction of sp³-hybridized carbons (Fsp3) is 0.308. The second kappa shape index (κ2) is 8.26. The van der Waals surface area contributed by atoms with Crippen LogP contribution in [0.5, 0.6) is 0 Å². The van der Waals surface area contributed by atoms with E-state index in [-0.39, 0.29) is 23.9 Å². The molecule has 5 rings (SSSR count). The van der Waals surface area contributed by atoms with Gasteiger partial charge in [-0.25, -0.2) is 9.59 Å². The van der Waals surface area contributed by atoms with Crippen LogP contribution in [0.4, 0.5) is 10.6 Å². The lowest BCUT2D eigenvalue weighted by Gasteiger charge is -2.51. The lowest BCUT2D eigenvalue weighted by molar-refractivity contribution is -0.156. The van der Waals surface area contributed by atoms with Gasteiger partial charge in [0.05, 0.1) is 0 Å². The number of rotatable bonds is 5. The largest absolute Gasteiger partial charge is 0.480 e. The van der Waals surface area contributed by atoms with Gasteiger partial charge < -0.3 is 14.7 Å². The summed E-state index contributed by atoms with van der Waals surface area (Å²) in [5, 5.41) is 16.3. The first-order valence-electron chi connectivity index (χ1n) is 11.4. The summed E-state index contributed by atoms with van der Waals surface area (Å²) in [6.07, 6.45) is 0.726. The van der Waals surface area contributed by atoms with Crippen LogP contribution in [0.3, 0.4) is 0 Å². The number of carboxylic acids is 1. The van der Waals surface area contributed by atoms with Crippen molar-refractivity contribution in [1.29, 1.82) is 0 Å². The average molecular weight is 475 g/mol. The van der Waals surface area contributed by atoms with E-state index in [1.807, 2.05) is 36.4 Å². The van der Waals surface area contributed by atoms with Gasteiger partial charge in [0.1, 0.15) is 18.2 Å². The first-order valence-corrected chi connectivity index (χ1v) is 11.4. The molecule has 2 aromatic carbocycles. The van der Waals surface area contributed by atoms with Gasteiger partial charge in [-0.2, -0.15) is 5.10 Å². The van der Waals surface area contributed by atoms with E-state index < -0.39 is 29.4 Å². The summed E-state index contributed by atoms with van der Waals surface area (Å²) >= 11 is 0. The minimum Gasteiger partial charge on any atom is -0.480 e. The number of aryl methyl sites for hydroxylation is 1. The quantitative estimate of drug-likeness (QED) is 0.583. The van der Waals surface area contributed by atoms with Gasteiger partial charge in [-0.1, -0.05) is 62.4 Å². The summed E-state index contributed by atoms with van der Waals surface area (Å²) in [6.45, 7) is 4.02. The van der Waals surface area contributed by atoms with E-state index in [1.165, 1.54) is 15.8 Å². The molecule has 1 saturated heterocycles. The number of carbonyl (C=O) groups is 3. The Morgan fingerprint density at radius 2 is 1.69 bits per heavy atom. The summed E-state index contributed by atoms with van der Waals surface area (Å²) in [5.74, 6) is -1.63. The predicted molar refractivity (Wildman–Crippen MR) is 128 cm³/mol. The van der Waals surface area contributed by atoms with Crippen LogP contribution in [0.25, 0.3) is 11.1 Å². The zero-order valence-electron chi connectivity index (χ0n) is 19.7. The molecule has 1 fully saturated rings. The maximum absolute atomic E-state index is 13.1. The van der Waals surface area contributed by atoms with E-state index in [0.717, 1.165) is 22.3 Å². The topological polar surface area (TPSA) is 114 Å². The Balaban J connectivity index is 1.30. The molecule has 0 bridgehead atoms. The minimum atomic E-state index is -1.07. The SMILES string of the molecule is Cn1cc(C(=O)N2CC(C)(C)C2C(=O)O)c(NC(=O)OCC2c3ccccc3-c3ccccc32)n1. The van der Waals surface area contributed by atoms with E-state index in [2.05, 4.69) is 22.5 Å². The molecule has 0 saturated carbocycles. The molecule has 9 nitrogen and oxygen atoms in total. The summed E-state index contributed by atoms with van der Waals surface area (Å²) in [5.41, 5.74) is 4.01. The van der Waals surface area contributed by atoms with Crippen LogP contribution in [0.2, 0.25) is 0 Å². The zero-order chi connectivity index (χ0) is 24.9. The fourth-order valence-corrected chi connectivity index (χ4v) is 5.21. The number of fused-ring (bicyclic) bond motifs is 3. The van der Waals surface area contributed by atoms with E-state index in [9.17, 15) is 19.5 Å². The number of benzene rings is 2. The third kappa shape index (κ3) is 3.82. The van der Waals surface area contributed by atoms with Crippen LogP contribution in [0.15, 0.2) is 54.7 Å². The molecule has 2 heterocycles. The molecule has 1 aliphatic carbocycles. The molecule has 1 aromatic heterocycles. The number of hydrogen-bond acceptors (Lipinski definition) is 5. The number of carbonyl (C=O) groups excluding carboxylic acids is 2. The number of aromatic nitrogens is 2. The summed E-state index contributed by atoms with van der Waals surface area (Å²) in [7, 11) is 1.62. The molecular formula is C26H26N4O5. The molecule has 0 radical (unpaired) electrons. The molecule has 2 amide bonds. The normalized spacial score (nSPS) is 17.8. The van der Waals surface area contributed by atoms with Crippen molar-refractivity contribution in [2.24, 2.45) is 12.5 Å². The molecular weight excluding hydrogens is 448 g/mol. The number of carboxylic acid groups (broad SMARTS) is 1. The van der Waals surface area contributed by atoms with E-state index >= 15 is 0 Å². The highest BCUT2D eigenvalue weighted by Gasteiger charge is 2.53. The second-order valence-corrected chi connectivity index (χ2v) is 9.68. The van der Waals surface area contributed by atoms with Crippen LogP contribution in [-0.4, -0.2) is 57.0 Å². The maximum Gasteiger partial charge on any atom is 0.412 e. The van der Waals surface area contributed by atoms with Crippen molar-refractivity contribution in [2.45, 2.75) is 25.8 Å². The van der Waals surface area contributed by atoms with Crippen LogP contribution in [0.1, 0.15) is 41.3 Å². The second-order valence-electron chi connectivity index (χ2n) is 9.68. The van der Waals surface area contributed by atoms with Crippen molar-refractivity contribution in [3.8, 4) is 11.1 Å². The van der Waals surface area contributed by atoms with Crippen LogP contribution >= 0.6 is 0 Å². The Hall–Kier alpha value is -4.14. The van der Waals surface area contributed by atoms with Crippen molar-refractivity contribution in [1.82, 2.24) is 14.7 Å². The van der Waals surface area contributed by atoms with E-state index in [4.69, 9.17) is 4.74 Å². The Bertz CT molecular complexity index is 1300. The van der Waals surface area contributed by atoms with Gasteiger partial charge in [0.2, 0.25) is 0 Å². The number of nitrogens with zero attached hydrogens (tertiary/aromatic N) is 3. The molecule has 9 heteroatoms. The molecule has 2 aliphatic rings. The summed E-state index contributed by atoms with van der Waals surface area (Å²) in [4.78, 5) is 38.8. The smallest absolute Gasteiger partial charge is 0.412 e. The Morgan fingerprint density at radius 3 is 2.26 bits per heavy atom. The number of nitrogens with one attached hydrogen (secondary N) is 1. The lowest BCUT2D eigenvalue weighted by atomic mass is 9.74. The first kappa shape index (κ1) is 22.6. The number of hydrogen-bond donors (Lipinski definition) is 2. The number of amides is 2. The number of aliphatic carboxylic acids is 1. The highest BCUT2D eigenvalue weighted by atomic mass is 16.5. The number of ether oxygens (including phenoxy) is 1. The number of likely N-dealkylation sites (tertiary alicyclic amines) is 1. The zero-order valence-corrected chi connectivity index (χ0v) is 19.7. The highest BCUT2D eigenvalue weighted by molar-refractivity contribution is 6.03. The van der Waals surface area contributed by atoms with Crippen molar-refractivity contribution in [3.63, 3.8) is 0 Å². The molecule has 35 heavy (non-hydrogen) atoms. The van der Waals surface area contributed by atoms with Gasteiger partial charge >= 0.3 is 12.1 Å². The van der Waals surface area contributed by atoms with Crippen LogP contribution in [0, 0.1) is 5.41 Å². The Kier molecular flexibility index (Phi) is 5.35. The van der Waals surface area contributed by atoms with Gasteiger partial charge in [0.25, 0.3) is 5.91 Å². The van der Waals surface area contributed by atoms with Gasteiger partial charge in [-0.15, -0.1) is 0 Å². The first-order chi connectivity index (χ1) is 16.7. The van der Waals surface area contributed by atoms with Crippen LogP contribution < -0.4 is 5.32 Å². The van der Waals surface area contributed by atoms with Crippen molar-refractivity contribution in [3.05, 3.63) is 71.4 Å². The van der Waals surface area contributed by atoms with Gasteiger partial charge in [-0.3, -0.25) is 14.8 Å². The third-order valence-corrected chi connectivity index (χ3v) is 6.75. The molecule has 1 aliphatic heterocycles. The number of anilines is 1. The van der Waals surface area contributed by atoms with E-state index in [0.29, 0.717) is 6.54 Å². The standard InChI is InChI=1S/C26H26N4O5/c1-26(2)14-30(21(26)24(32)33)23(31)19-12-29(3)28-22(19)27-25(34)35-13-20-17-10-6-4-8-15(17)16-9-5-7-11-18(16)20/h4-12,20-21H,13-14H2,1-3H3,(H,32,33)(H,27,28,34). The average Bonchev–Trinajstić information content (AvgIpc) is 3.32. The summed E-state index contributed by atoms with van der Waals surface area (Å²) < 4.78 is 6.96.